The molecule has 0 saturated heterocycles. The van der Waals surface area contributed by atoms with Gasteiger partial charge in [0.05, 0.1) is 16.6 Å². The zero-order valence-corrected chi connectivity index (χ0v) is 16.3. The lowest BCUT2D eigenvalue weighted by Crippen LogP contribution is -2.11. The first kappa shape index (κ1) is 18.6. The lowest BCUT2D eigenvalue weighted by Gasteiger charge is -2.07. The molecule has 0 atom stereocenters. The van der Waals surface area contributed by atoms with E-state index in [9.17, 15) is 9.59 Å². The number of fused-ring (bicyclic) bond motifs is 1. The van der Waals surface area contributed by atoms with Gasteiger partial charge in [0.1, 0.15) is 12.9 Å². The second kappa shape index (κ2) is 7.72. The van der Waals surface area contributed by atoms with Gasteiger partial charge >= 0.3 is 5.97 Å². The number of aromatic nitrogens is 2. The second-order valence-electron chi connectivity index (χ2n) is 6.98. The van der Waals surface area contributed by atoms with Gasteiger partial charge in [0.2, 0.25) is 0 Å². The van der Waals surface area contributed by atoms with Crippen molar-refractivity contribution in [3.63, 3.8) is 0 Å². The fraction of sp³-hybridized carbons (Fsp3) is 0.125. The molecule has 144 valence electrons. The molecule has 0 unspecified atom stereocenters. The van der Waals surface area contributed by atoms with Gasteiger partial charge in [0, 0.05) is 5.56 Å². The monoisotopic (exact) mass is 384 g/mol. The van der Waals surface area contributed by atoms with Gasteiger partial charge in [-0.3, -0.25) is 9.36 Å². The molecule has 0 N–H and O–H groups in total. The second-order valence-corrected chi connectivity index (χ2v) is 6.98. The number of aryl methyl sites for hydroxylation is 2. The van der Waals surface area contributed by atoms with E-state index in [4.69, 9.17) is 4.74 Å². The first-order valence-corrected chi connectivity index (χ1v) is 9.33. The number of carbonyl (C=O) groups excluding carboxylic acids is 2. The summed E-state index contributed by atoms with van der Waals surface area (Å²) < 4.78 is 6.86. The quantitative estimate of drug-likeness (QED) is 0.479. The van der Waals surface area contributed by atoms with Gasteiger partial charge in [0.15, 0.2) is 0 Å². The highest BCUT2D eigenvalue weighted by Gasteiger charge is 2.15. The summed E-state index contributed by atoms with van der Waals surface area (Å²) in [5.74, 6) is -0.619. The third-order valence-corrected chi connectivity index (χ3v) is 4.96. The number of rotatable bonds is 4. The van der Waals surface area contributed by atoms with Gasteiger partial charge in [-0.1, -0.05) is 30.3 Å². The average molecular weight is 384 g/mol. The Labute approximate surface area is 168 Å². The van der Waals surface area contributed by atoms with Crippen molar-refractivity contribution < 1.29 is 14.3 Å². The van der Waals surface area contributed by atoms with Gasteiger partial charge < -0.3 is 4.74 Å². The number of imidazole rings is 1. The average Bonchev–Trinajstić information content (AvgIpc) is 3.15. The van der Waals surface area contributed by atoms with Crippen LogP contribution in [-0.2, 0) is 11.3 Å². The Morgan fingerprint density at radius 2 is 1.55 bits per heavy atom. The van der Waals surface area contributed by atoms with Gasteiger partial charge in [0.25, 0.3) is 5.91 Å². The van der Waals surface area contributed by atoms with Gasteiger partial charge in [-0.05, 0) is 66.9 Å². The van der Waals surface area contributed by atoms with Crippen LogP contribution in [0.25, 0.3) is 11.0 Å². The van der Waals surface area contributed by atoms with Gasteiger partial charge in [-0.2, -0.15) is 0 Å². The summed E-state index contributed by atoms with van der Waals surface area (Å²) in [6.07, 6.45) is 1.54. The molecular weight excluding hydrogens is 364 g/mol. The number of ether oxygens (including phenoxy) is 1. The van der Waals surface area contributed by atoms with Crippen LogP contribution in [0.1, 0.15) is 37.4 Å². The van der Waals surface area contributed by atoms with Crippen LogP contribution in [0.5, 0.6) is 0 Å². The third kappa shape index (κ3) is 3.80. The van der Waals surface area contributed by atoms with Gasteiger partial charge in [-0.25, -0.2) is 9.78 Å². The highest BCUT2D eigenvalue weighted by atomic mass is 16.5. The zero-order valence-electron chi connectivity index (χ0n) is 16.3. The van der Waals surface area contributed by atoms with Crippen LogP contribution in [0.2, 0.25) is 0 Å². The van der Waals surface area contributed by atoms with E-state index in [-0.39, 0.29) is 12.5 Å². The van der Waals surface area contributed by atoms with Crippen LogP contribution < -0.4 is 0 Å². The van der Waals surface area contributed by atoms with Gasteiger partial charge in [-0.15, -0.1) is 0 Å². The fourth-order valence-electron chi connectivity index (χ4n) is 3.12. The van der Waals surface area contributed by atoms with E-state index in [2.05, 4.69) is 4.98 Å². The van der Waals surface area contributed by atoms with Crippen LogP contribution in [-0.4, -0.2) is 21.4 Å². The predicted molar refractivity (Wildman–Crippen MR) is 111 cm³/mol. The normalized spacial score (nSPS) is 10.8. The first-order valence-electron chi connectivity index (χ1n) is 9.33. The van der Waals surface area contributed by atoms with E-state index in [1.54, 1.807) is 24.3 Å². The lowest BCUT2D eigenvalue weighted by atomic mass is 10.1. The van der Waals surface area contributed by atoms with Crippen molar-refractivity contribution in [1.29, 1.82) is 0 Å². The molecule has 29 heavy (non-hydrogen) atoms. The number of nitrogens with zero attached hydrogens (tertiary/aromatic N) is 2. The predicted octanol–water partition coefficient (Wildman–Crippen LogP) is 4.70. The molecule has 0 radical (unpaired) electrons. The Hall–Kier alpha value is -3.73. The highest BCUT2D eigenvalue weighted by molar-refractivity contribution is 6.02. The Kier molecular flexibility index (Phi) is 4.96. The van der Waals surface area contributed by atoms with Crippen molar-refractivity contribution in [1.82, 2.24) is 9.55 Å². The topological polar surface area (TPSA) is 61.2 Å². The first-order chi connectivity index (χ1) is 14.0. The van der Waals surface area contributed by atoms with Crippen LogP contribution >= 0.6 is 0 Å². The van der Waals surface area contributed by atoms with E-state index in [0.29, 0.717) is 11.1 Å². The summed E-state index contributed by atoms with van der Waals surface area (Å²) in [7, 11) is 0. The summed E-state index contributed by atoms with van der Waals surface area (Å²) >= 11 is 0. The molecule has 0 amide bonds. The van der Waals surface area contributed by atoms with Crippen LogP contribution in [0, 0.1) is 13.8 Å². The fourth-order valence-corrected chi connectivity index (χ4v) is 3.12. The zero-order chi connectivity index (χ0) is 20.4. The van der Waals surface area contributed by atoms with E-state index in [1.165, 1.54) is 10.9 Å². The molecule has 1 aromatic heterocycles. The maximum Gasteiger partial charge on any atom is 0.338 e. The van der Waals surface area contributed by atoms with Crippen LogP contribution in [0.3, 0.4) is 0 Å². The standard InChI is InChI=1S/C24H20N2O3/c1-16-12-21-22(13-17(16)2)26(15-25-21)23(27)19-8-10-20(11-9-19)24(28)29-14-18-6-4-3-5-7-18/h3-13,15H,14H2,1-2H3. The van der Waals surface area contributed by atoms with Crippen molar-refractivity contribution in [3.8, 4) is 0 Å². The molecule has 0 aliphatic rings. The Morgan fingerprint density at radius 1 is 0.897 bits per heavy atom. The molecule has 3 aromatic carbocycles. The van der Waals surface area contributed by atoms with Crippen molar-refractivity contribution in [2.75, 3.05) is 0 Å². The molecule has 0 spiro atoms. The Morgan fingerprint density at radius 3 is 2.28 bits per heavy atom. The molecule has 0 aliphatic carbocycles. The van der Waals surface area contributed by atoms with Crippen molar-refractivity contribution in [3.05, 3.63) is 101 Å². The molecular formula is C24H20N2O3. The molecule has 5 nitrogen and oxygen atoms in total. The molecule has 4 rings (SSSR count). The molecule has 1 heterocycles. The van der Waals surface area contributed by atoms with Crippen LogP contribution in [0.15, 0.2) is 73.1 Å². The van der Waals surface area contributed by atoms with E-state index in [1.807, 2.05) is 56.3 Å². The SMILES string of the molecule is Cc1cc2ncn(C(=O)c3ccc(C(=O)OCc4ccccc4)cc3)c2cc1C. The van der Waals surface area contributed by atoms with Crippen molar-refractivity contribution in [2.45, 2.75) is 20.5 Å². The summed E-state index contributed by atoms with van der Waals surface area (Å²) in [6, 6.07) is 19.9. The molecule has 0 fully saturated rings. The largest absolute Gasteiger partial charge is 0.457 e. The van der Waals surface area contributed by atoms with Crippen LogP contribution in [0.4, 0.5) is 0 Å². The molecule has 4 aromatic rings. The van der Waals surface area contributed by atoms with Crippen molar-refractivity contribution in [2.24, 2.45) is 0 Å². The minimum absolute atomic E-state index is 0.194. The molecule has 5 heteroatoms. The lowest BCUT2D eigenvalue weighted by molar-refractivity contribution is 0.0472. The number of esters is 1. The Bertz CT molecular complexity index is 1190. The Balaban J connectivity index is 1.51. The number of hydrogen-bond donors (Lipinski definition) is 0. The summed E-state index contributed by atoms with van der Waals surface area (Å²) in [5, 5.41) is 0. The van der Waals surface area contributed by atoms with E-state index >= 15 is 0 Å². The smallest absolute Gasteiger partial charge is 0.338 e. The number of hydrogen-bond acceptors (Lipinski definition) is 4. The highest BCUT2D eigenvalue weighted by Crippen LogP contribution is 2.20. The maximum absolute atomic E-state index is 12.9. The molecule has 0 saturated carbocycles. The van der Waals surface area contributed by atoms with Crippen molar-refractivity contribution >= 4 is 22.9 Å². The number of carbonyl (C=O) groups is 2. The van der Waals surface area contributed by atoms with E-state index < -0.39 is 5.97 Å². The summed E-state index contributed by atoms with van der Waals surface area (Å²) in [4.78, 5) is 29.5. The summed E-state index contributed by atoms with van der Waals surface area (Å²) in [5.41, 5.74) is 5.58. The molecule has 0 bridgehead atoms. The third-order valence-electron chi connectivity index (χ3n) is 4.96. The minimum Gasteiger partial charge on any atom is -0.457 e. The van der Waals surface area contributed by atoms with E-state index in [0.717, 1.165) is 27.7 Å². The maximum atomic E-state index is 12.9. The number of benzene rings is 3. The molecule has 0 aliphatic heterocycles. The summed E-state index contributed by atoms with van der Waals surface area (Å²) in [6.45, 7) is 4.23. The minimum atomic E-state index is -0.424.